The number of carbonyl (C=O) groups is 1. The van der Waals surface area contributed by atoms with Gasteiger partial charge in [0.15, 0.2) is 5.65 Å². The van der Waals surface area contributed by atoms with Crippen LogP contribution in [-0.2, 0) is 11.3 Å². The number of nitrogen functional groups attached to an aromatic ring is 1. The van der Waals surface area contributed by atoms with Crippen molar-refractivity contribution in [3.05, 3.63) is 66.1 Å². The van der Waals surface area contributed by atoms with E-state index in [1.165, 1.54) is 6.07 Å². The molecule has 0 aliphatic carbocycles. The molecule has 2 heterocycles. The van der Waals surface area contributed by atoms with Gasteiger partial charge in [0.2, 0.25) is 0 Å². The summed E-state index contributed by atoms with van der Waals surface area (Å²) in [5.74, 6) is 0.153. The second kappa shape index (κ2) is 13.0. The lowest BCUT2D eigenvalue weighted by Gasteiger charge is -2.19. The molecule has 0 fully saturated rings. The summed E-state index contributed by atoms with van der Waals surface area (Å²) in [6, 6.07) is 14.1. The largest absolute Gasteiger partial charge is 0.440 e. The zero-order valence-electron chi connectivity index (χ0n) is 21.6. The molecule has 2 aromatic heterocycles. The van der Waals surface area contributed by atoms with Gasteiger partial charge in [-0.1, -0.05) is 61.2 Å². The lowest BCUT2D eigenvalue weighted by atomic mass is 10.0. The molecule has 2 aromatic carbocycles. The molecule has 0 radical (unpaired) electrons. The minimum Gasteiger partial charge on any atom is -0.440 e. The van der Waals surface area contributed by atoms with Crippen molar-refractivity contribution < 1.29 is 13.9 Å². The standard InChI is InChI=1S/C23H23FN5O2P.2C2H6/c1-23(2,32)31-22(30)27-12-14-8-7-13(11-17(14)24)15-9-10-26-21-19(15)28-20(29-21)16-5-3-4-6-18(16)25;2*1-2/h3-11H,12,25,32H2,1-2H3,(H,27,30)(H,26,28,29);2*1-2H3. The highest BCUT2D eigenvalue weighted by Gasteiger charge is 2.17. The third kappa shape index (κ3) is 7.25. The number of fused-ring (bicyclic) bond motifs is 1. The van der Waals surface area contributed by atoms with Crippen molar-refractivity contribution >= 4 is 32.2 Å². The average Bonchev–Trinajstić information content (AvgIpc) is 3.29. The maximum absolute atomic E-state index is 14.8. The number of H-pyrrole nitrogens is 1. The van der Waals surface area contributed by atoms with Gasteiger partial charge in [0.25, 0.3) is 0 Å². The van der Waals surface area contributed by atoms with Crippen LogP contribution in [0.1, 0.15) is 47.1 Å². The van der Waals surface area contributed by atoms with E-state index in [2.05, 4.69) is 29.5 Å². The van der Waals surface area contributed by atoms with Crippen LogP contribution in [0.15, 0.2) is 54.7 Å². The Bertz CT molecular complexity index is 1300. The Morgan fingerprint density at radius 2 is 1.81 bits per heavy atom. The van der Waals surface area contributed by atoms with Crippen molar-refractivity contribution in [2.75, 3.05) is 5.73 Å². The maximum atomic E-state index is 14.8. The smallest absolute Gasteiger partial charge is 0.408 e. The van der Waals surface area contributed by atoms with Gasteiger partial charge in [-0.15, -0.1) is 0 Å². The number of hydrogen-bond donors (Lipinski definition) is 3. The number of halogens is 1. The highest BCUT2D eigenvalue weighted by Crippen LogP contribution is 2.31. The molecule has 0 aliphatic rings. The summed E-state index contributed by atoms with van der Waals surface area (Å²) in [4.78, 5) is 24.0. The van der Waals surface area contributed by atoms with E-state index in [1.54, 1.807) is 44.3 Å². The van der Waals surface area contributed by atoms with Crippen LogP contribution in [0, 0.1) is 5.82 Å². The zero-order chi connectivity index (χ0) is 26.9. The highest BCUT2D eigenvalue weighted by molar-refractivity contribution is 7.18. The first-order chi connectivity index (χ1) is 17.2. The number of nitrogens with two attached hydrogens (primary N) is 1. The quantitative estimate of drug-likeness (QED) is 0.200. The summed E-state index contributed by atoms with van der Waals surface area (Å²) in [5, 5.41) is 1.86. The summed E-state index contributed by atoms with van der Waals surface area (Å²) >= 11 is 0. The number of nitrogens with one attached hydrogen (secondary N) is 2. The van der Waals surface area contributed by atoms with Crippen LogP contribution in [-0.4, -0.2) is 26.4 Å². The molecule has 7 nitrogen and oxygen atoms in total. The van der Waals surface area contributed by atoms with E-state index >= 15 is 0 Å². The van der Waals surface area contributed by atoms with E-state index in [1.807, 2.05) is 45.9 Å². The lowest BCUT2D eigenvalue weighted by molar-refractivity contribution is 0.0965. The predicted molar refractivity (Wildman–Crippen MR) is 149 cm³/mol. The zero-order valence-corrected chi connectivity index (χ0v) is 22.8. The number of nitrogens with zero attached hydrogens (tertiary/aromatic N) is 2. The topological polar surface area (TPSA) is 106 Å². The molecular formula is C27H35FN5O2P. The Morgan fingerprint density at radius 3 is 2.44 bits per heavy atom. The van der Waals surface area contributed by atoms with Crippen molar-refractivity contribution in [2.24, 2.45) is 0 Å². The van der Waals surface area contributed by atoms with E-state index in [4.69, 9.17) is 10.5 Å². The second-order valence-electron chi connectivity index (χ2n) is 7.88. The first-order valence-electron chi connectivity index (χ1n) is 12.0. The summed E-state index contributed by atoms with van der Waals surface area (Å²) in [5.41, 5.74) is 10.4. The van der Waals surface area contributed by atoms with Gasteiger partial charge in [0, 0.05) is 35.1 Å². The van der Waals surface area contributed by atoms with Crippen LogP contribution in [0.4, 0.5) is 14.9 Å². The predicted octanol–water partition coefficient (Wildman–Crippen LogP) is 6.90. The Hall–Kier alpha value is -3.51. The molecule has 4 aromatic rings. The first-order valence-corrected chi connectivity index (χ1v) is 12.5. The van der Waals surface area contributed by atoms with Gasteiger partial charge >= 0.3 is 6.09 Å². The van der Waals surface area contributed by atoms with Crippen LogP contribution < -0.4 is 11.1 Å². The van der Waals surface area contributed by atoms with Gasteiger partial charge in [-0.2, -0.15) is 0 Å². The minimum absolute atomic E-state index is 0.0128. The van der Waals surface area contributed by atoms with Crippen molar-refractivity contribution in [2.45, 2.75) is 53.4 Å². The molecule has 0 saturated carbocycles. The summed E-state index contributed by atoms with van der Waals surface area (Å²) in [6.45, 7) is 11.5. The number of pyridine rings is 1. The first kappa shape index (κ1) is 28.7. The van der Waals surface area contributed by atoms with E-state index in [9.17, 15) is 9.18 Å². The van der Waals surface area contributed by atoms with Crippen LogP contribution in [0.2, 0.25) is 0 Å². The number of rotatable bonds is 5. The molecule has 192 valence electrons. The van der Waals surface area contributed by atoms with Crippen LogP contribution in [0.25, 0.3) is 33.7 Å². The van der Waals surface area contributed by atoms with Gasteiger partial charge < -0.3 is 20.8 Å². The number of hydrogen-bond acceptors (Lipinski definition) is 5. The number of alkyl carbamates (subject to hydrolysis) is 1. The Morgan fingerprint density at radius 1 is 1.11 bits per heavy atom. The molecular weight excluding hydrogens is 476 g/mol. The number of aromatic nitrogens is 3. The van der Waals surface area contributed by atoms with Gasteiger partial charge in [0.05, 0.1) is 5.52 Å². The summed E-state index contributed by atoms with van der Waals surface area (Å²) < 4.78 is 19.9. The van der Waals surface area contributed by atoms with Crippen molar-refractivity contribution in [3.8, 4) is 22.5 Å². The maximum Gasteiger partial charge on any atom is 0.408 e. The van der Waals surface area contributed by atoms with Crippen LogP contribution in [0.5, 0.6) is 0 Å². The fourth-order valence-corrected chi connectivity index (χ4v) is 3.40. The second-order valence-corrected chi connectivity index (χ2v) is 9.27. The molecule has 36 heavy (non-hydrogen) atoms. The lowest BCUT2D eigenvalue weighted by Crippen LogP contribution is -2.30. The monoisotopic (exact) mass is 511 g/mol. The van der Waals surface area contributed by atoms with Crippen molar-refractivity contribution in [1.82, 2.24) is 20.3 Å². The number of ether oxygens (including phenoxy) is 1. The molecule has 9 heteroatoms. The minimum atomic E-state index is -0.702. The number of amides is 1. The van der Waals surface area contributed by atoms with Gasteiger partial charge in [0.1, 0.15) is 17.0 Å². The molecule has 1 amide bonds. The fourth-order valence-electron chi connectivity index (χ4n) is 3.29. The molecule has 0 bridgehead atoms. The molecule has 4 N–H and O–H groups in total. The van der Waals surface area contributed by atoms with Crippen molar-refractivity contribution in [1.29, 1.82) is 0 Å². The third-order valence-electron chi connectivity index (χ3n) is 4.75. The highest BCUT2D eigenvalue weighted by atomic mass is 31.0. The van der Waals surface area contributed by atoms with Gasteiger partial charge in [-0.05, 0) is 43.7 Å². The van der Waals surface area contributed by atoms with E-state index in [0.29, 0.717) is 33.8 Å². The summed E-state index contributed by atoms with van der Waals surface area (Å²) in [6.07, 6.45) is 1.01. The van der Waals surface area contributed by atoms with E-state index < -0.39 is 17.3 Å². The van der Waals surface area contributed by atoms with E-state index in [-0.39, 0.29) is 6.54 Å². The number of carbonyl (C=O) groups excluding carboxylic acids is 1. The normalized spacial score (nSPS) is 10.6. The van der Waals surface area contributed by atoms with Gasteiger partial charge in [-0.3, -0.25) is 0 Å². The number of aromatic amines is 1. The average molecular weight is 512 g/mol. The number of para-hydroxylation sites is 1. The van der Waals surface area contributed by atoms with E-state index in [0.717, 1.165) is 11.1 Å². The Balaban J connectivity index is 0.00000109. The fraction of sp³-hybridized carbons (Fsp3) is 0.296. The Labute approximate surface area is 214 Å². The SMILES string of the molecule is CC.CC.CC(C)(P)OC(=O)NCc1ccc(-c2ccnc3nc(-c4ccccc4N)[nH]c23)cc1F. The number of benzene rings is 2. The molecule has 1 atom stereocenters. The molecule has 0 spiro atoms. The van der Waals surface area contributed by atoms with Crippen molar-refractivity contribution in [3.63, 3.8) is 0 Å². The molecule has 1 unspecified atom stereocenters. The molecule has 4 rings (SSSR count). The van der Waals surface area contributed by atoms with Crippen LogP contribution in [0.3, 0.4) is 0 Å². The van der Waals surface area contributed by atoms with Crippen LogP contribution >= 0.6 is 9.24 Å². The molecule has 0 aliphatic heterocycles. The third-order valence-corrected chi connectivity index (χ3v) is 4.87. The molecule has 0 saturated heterocycles. The summed E-state index contributed by atoms with van der Waals surface area (Å²) in [7, 11) is 2.41. The number of anilines is 1. The number of imidazole rings is 1. The van der Waals surface area contributed by atoms with Gasteiger partial charge in [-0.25, -0.2) is 19.2 Å². The Kier molecular flexibility index (Phi) is 10.4.